The Balaban J connectivity index is 2.19. The predicted molar refractivity (Wildman–Crippen MR) is 94.9 cm³/mol. The maximum atomic E-state index is 12.1. The molecule has 0 spiro atoms. The van der Waals surface area contributed by atoms with Crippen LogP contribution >= 0.6 is 11.8 Å². The molecule has 1 aromatic rings. The first-order valence-corrected chi connectivity index (χ1v) is 8.66. The lowest BCUT2D eigenvalue weighted by molar-refractivity contribution is -0.128. The average molecular weight is 342 g/mol. The maximum Gasteiger partial charge on any atom is 0.271 e. The van der Waals surface area contributed by atoms with Crippen LogP contribution in [0.2, 0.25) is 0 Å². The van der Waals surface area contributed by atoms with Crippen LogP contribution in [0.1, 0.15) is 19.4 Å². The molecule has 0 aromatic heterocycles. The monoisotopic (exact) mass is 342 g/mol. The molecular formula is C17H18N4O2S. The number of hydrogen-bond donors (Lipinski definition) is 0. The lowest BCUT2D eigenvalue weighted by atomic mass is 9.96. The summed E-state index contributed by atoms with van der Waals surface area (Å²) in [6, 6.07) is 11.0. The van der Waals surface area contributed by atoms with E-state index >= 15 is 0 Å². The summed E-state index contributed by atoms with van der Waals surface area (Å²) in [7, 11) is 0. The first-order valence-electron chi connectivity index (χ1n) is 7.67. The Hall–Kier alpha value is -2.46. The molecule has 1 aromatic carbocycles. The lowest BCUT2D eigenvalue weighted by Gasteiger charge is -2.19. The Kier molecular flexibility index (Phi) is 6.27. The van der Waals surface area contributed by atoms with Gasteiger partial charge in [0.15, 0.2) is 11.1 Å². The van der Waals surface area contributed by atoms with Gasteiger partial charge in [-0.05, 0) is 19.4 Å². The van der Waals surface area contributed by atoms with Crippen molar-refractivity contribution in [3.63, 3.8) is 0 Å². The molecule has 0 fully saturated rings. The van der Waals surface area contributed by atoms with Crippen molar-refractivity contribution in [1.29, 1.82) is 5.26 Å². The van der Waals surface area contributed by atoms with E-state index in [-0.39, 0.29) is 16.8 Å². The molecule has 1 aliphatic heterocycles. The number of nitrogens with zero attached hydrogens (tertiary/aromatic N) is 4. The van der Waals surface area contributed by atoms with E-state index in [2.05, 4.69) is 9.98 Å². The summed E-state index contributed by atoms with van der Waals surface area (Å²) in [6.45, 7) is 5.10. The van der Waals surface area contributed by atoms with Gasteiger partial charge in [-0.2, -0.15) is 10.3 Å². The number of nitriles is 1. The second kappa shape index (κ2) is 8.41. The van der Waals surface area contributed by atoms with Crippen molar-refractivity contribution in [3.05, 3.63) is 35.9 Å². The Bertz CT molecular complexity index is 718. The predicted octanol–water partition coefficient (Wildman–Crippen LogP) is 2.11. The Morgan fingerprint density at radius 1 is 1.25 bits per heavy atom. The highest BCUT2D eigenvalue weighted by atomic mass is 32.2. The van der Waals surface area contributed by atoms with Crippen molar-refractivity contribution >= 4 is 34.5 Å². The highest BCUT2D eigenvalue weighted by Crippen LogP contribution is 2.20. The van der Waals surface area contributed by atoms with Gasteiger partial charge in [0.2, 0.25) is 5.91 Å². The van der Waals surface area contributed by atoms with Crippen molar-refractivity contribution in [2.75, 3.05) is 18.8 Å². The SMILES string of the molecule is CCN(CC)C(=O)CSC1=NC(=O)C(C#N)C(c2ccccc2)=N1. The van der Waals surface area contributed by atoms with E-state index in [1.54, 1.807) is 17.0 Å². The van der Waals surface area contributed by atoms with Gasteiger partial charge in [0.25, 0.3) is 5.91 Å². The topological polar surface area (TPSA) is 85.9 Å². The van der Waals surface area contributed by atoms with Gasteiger partial charge in [0, 0.05) is 13.1 Å². The standard InChI is InChI=1S/C17H18N4O2S/c1-3-21(4-2)14(22)11-24-17-19-15(12-8-6-5-7-9-12)13(10-18)16(23)20-17/h5-9,13H,3-4,11H2,1-2H3. The van der Waals surface area contributed by atoms with Crippen molar-refractivity contribution in [1.82, 2.24) is 4.90 Å². The molecule has 1 aliphatic rings. The molecule has 0 bridgehead atoms. The Morgan fingerprint density at radius 3 is 2.50 bits per heavy atom. The van der Waals surface area contributed by atoms with Gasteiger partial charge in [-0.3, -0.25) is 9.59 Å². The average Bonchev–Trinajstić information content (AvgIpc) is 2.61. The van der Waals surface area contributed by atoms with Crippen molar-refractivity contribution < 1.29 is 9.59 Å². The number of carbonyl (C=O) groups is 2. The Labute approximate surface area is 145 Å². The number of carbonyl (C=O) groups excluding carboxylic acids is 2. The summed E-state index contributed by atoms with van der Waals surface area (Å²) in [5.41, 5.74) is 1.09. The normalized spacial score (nSPS) is 16.9. The summed E-state index contributed by atoms with van der Waals surface area (Å²) in [4.78, 5) is 34.1. The number of rotatable bonds is 5. The highest BCUT2D eigenvalue weighted by molar-refractivity contribution is 8.14. The van der Waals surface area contributed by atoms with E-state index in [0.717, 1.165) is 11.8 Å². The highest BCUT2D eigenvalue weighted by Gasteiger charge is 2.30. The molecule has 1 unspecified atom stereocenters. The van der Waals surface area contributed by atoms with E-state index < -0.39 is 11.8 Å². The fourth-order valence-electron chi connectivity index (χ4n) is 2.28. The Morgan fingerprint density at radius 2 is 1.92 bits per heavy atom. The summed E-state index contributed by atoms with van der Waals surface area (Å²) >= 11 is 1.12. The van der Waals surface area contributed by atoms with Crippen molar-refractivity contribution in [3.8, 4) is 6.07 Å². The van der Waals surface area contributed by atoms with Crippen LogP contribution in [0.4, 0.5) is 0 Å². The van der Waals surface area contributed by atoms with Crippen LogP contribution in [-0.4, -0.2) is 46.4 Å². The molecule has 0 radical (unpaired) electrons. The van der Waals surface area contributed by atoms with Gasteiger partial charge >= 0.3 is 0 Å². The molecule has 2 amide bonds. The van der Waals surface area contributed by atoms with Gasteiger partial charge in [-0.15, -0.1) is 0 Å². The molecule has 24 heavy (non-hydrogen) atoms. The van der Waals surface area contributed by atoms with Crippen LogP contribution < -0.4 is 0 Å². The van der Waals surface area contributed by atoms with Crippen LogP contribution in [-0.2, 0) is 9.59 Å². The molecular weight excluding hydrogens is 324 g/mol. The first-order chi connectivity index (χ1) is 11.6. The summed E-state index contributed by atoms with van der Waals surface area (Å²) in [5, 5.41) is 9.47. The van der Waals surface area contributed by atoms with E-state index in [4.69, 9.17) is 0 Å². The minimum absolute atomic E-state index is 0.0287. The van der Waals surface area contributed by atoms with Crippen LogP contribution in [0.3, 0.4) is 0 Å². The zero-order chi connectivity index (χ0) is 17.5. The molecule has 0 aliphatic carbocycles. The fraction of sp³-hybridized carbons (Fsp3) is 0.353. The number of aliphatic imine (C=N–C) groups is 2. The number of thioether (sulfide) groups is 1. The van der Waals surface area contributed by atoms with Gasteiger partial charge in [-0.25, -0.2) is 4.99 Å². The number of benzene rings is 1. The van der Waals surface area contributed by atoms with Crippen molar-refractivity contribution in [2.45, 2.75) is 13.8 Å². The summed E-state index contributed by atoms with van der Waals surface area (Å²) < 4.78 is 0. The van der Waals surface area contributed by atoms with Gasteiger partial charge in [-0.1, -0.05) is 42.1 Å². The molecule has 0 saturated heterocycles. The van der Waals surface area contributed by atoms with Crippen molar-refractivity contribution in [2.24, 2.45) is 15.9 Å². The zero-order valence-electron chi connectivity index (χ0n) is 13.6. The van der Waals surface area contributed by atoms with Crippen LogP contribution in [0.15, 0.2) is 40.3 Å². The minimum atomic E-state index is -1.00. The van der Waals surface area contributed by atoms with Crippen LogP contribution in [0.25, 0.3) is 0 Å². The molecule has 1 atom stereocenters. The molecule has 2 rings (SSSR count). The zero-order valence-corrected chi connectivity index (χ0v) is 14.4. The van der Waals surface area contributed by atoms with E-state index in [1.165, 1.54) is 0 Å². The van der Waals surface area contributed by atoms with Gasteiger partial charge in [0.05, 0.1) is 17.5 Å². The molecule has 124 valence electrons. The largest absolute Gasteiger partial charge is 0.343 e. The summed E-state index contributed by atoms with van der Waals surface area (Å²) in [5.74, 6) is -1.41. The molecule has 0 N–H and O–H groups in total. The van der Waals surface area contributed by atoms with Gasteiger partial charge < -0.3 is 4.90 Å². The lowest BCUT2D eigenvalue weighted by Crippen LogP contribution is -2.32. The van der Waals surface area contributed by atoms with Crippen LogP contribution in [0.5, 0.6) is 0 Å². The van der Waals surface area contributed by atoms with E-state index in [0.29, 0.717) is 24.4 Å². The quantitative estimate of drug-likeness (QED) is 0.820. The third-order valence-corrected chi connectivity index (χ3v) is 4.41. The molecule has 1 heterocycles. The van der Waals surface area contributed by atoms with E-state index in [9.17, 15) is 14.9 Å². The second-order valence-corrected chi connectivity index (χ2v) is 5.95. The smallest absolute Gasteiger partial charge is 0.271 e. The third-order valence-electron chi connectivity index (χ3n) is 3.58. The summed E-state index contributed by atoms with van der Waals surface area (Å²) in [6.07, 6.45) is 0. The third kappa shape index (κ3) is 4.09. The number of hydrogen-bond acceptors (Lipinski definition) is 5. The van der Waals surface area contributed by atoms with E-state index in [1.807, 2.05) is 38.1 Å². The second-order valence-electron chi connectivity index (χ2n) is 5.01. The fourth-order valence-corrected chi connectivity index (χ4v) is 3.04. The van der Waals surface area contributed by atoms with Crippen LogP contribution in [0, 0.1) is 17.2 Å². The molecule has 6 nitrogen and oxygen atoms in total. The minimum Gasteiger partial charge on any atom is -0.343 e. The first kappa shape index (κ1) is 17.9. The molecule has 7 heteroatoms. The van der Waals surface area contributed by atoms with Gasteiger partial charge in [0.1, 0.15) is 0 Å². The molecule has 0 saturated carbocycles. The number of amides is 2. The number of amidine groups is 1. The maximum absolute atomic E-state index is 12.1.